The molecule has 0 unspecified atom stereocenters. The van der Waals surface area contributed by atoms with Crippen LogP contribution < -0.4 is 0 Å². The van der Waals surface area contributed by atoms with Crippen LogP contribution in [0.2, 0.25) is 0 Å². The number of rotatable bonds is 3. The van der Waals surface area contributed by atoms with Crippen molar-refractivity contribution in [3.63, 3.8) is 0 Å². The standard InChI is InChI=1S/C12H17BrO2/c1-3-10(13)5-4-9(2)12-7-6-11(14)8-15-12/h3-5,11-12,14H,2,6-8H2,1H3/b5-4-,10-3+/t11-,12+/m1/s1. The van der Waals surface area contributed by atoms with E-state index >= 15 is 0 Å². The Morgan fingerprint density at radius 2 is 2.20 bits per heavy atom. The van der Waals surface area contributed by atoms with Crippen LogP contribution in [0.1, 0.15) is 19.8 Å². The maximum Gasteiger partial charge on any atom is 0.0821 e. The molecule has 1 rings (SSSR count). The summed E-state index contributed by atoms with van der Waals surface area (Å²) in [6, 6.07) is 0. The number of hydrogen-bond donors (Lipinski definition) is 1. The summed E-state index contributed by atoms with van der Waals surface area (Å²) < 4.78 is 6.51. The first kappa shape index (κ1) is 12.7. The highest BCUT2D eigenvalue weighted by molar-refractivity contribution is 9.11. The van der Waals surface area contributed by atoms with Gasteiger partial charge in [0.25, 0.3) is 0 Å². The van der Waals surface area contributed by atoms with Crippen LogP contribution in [0, 0.1) is 0 Å². The van der Waals surface area contributed by atoms with Crippen LogP contribution in [-0.4, -0.2) is 23.9 Å². The Labute approximate surface area is 99.5 Å². The molecule has 1 N–H and O–H groups in total. The van der Waals surface area contributed by atoms with Crippen LogP contribution in [0.3, 0.4) is 0 Å². The van der Waals surface area contributed by atoms with Gasteiger partial charge < -0.3 is 9.84 Å². The van der Waals surface area contributed by atoms with E-state index in [1.54, 1.807) is 0 Å². The molecule has 0 aromatic rings. The molecule has 1 aliphatic rings. The molecule has 0 bridgehead atoms. The van der Waals surface area contributed by atoms with Gasteiger partial charge in [-0.25, -0.2) is 0 Å². The third-order valence-electron chi connectivity index (χ3n) is 2.40. The number of aliphatic hydroxyl groups is 1. The van der Waals surface area contributed by atoms with Crippen LogP contribution in [0.4, 0.5) is 0 Å². The van der Waals surface area contributed by atoms with E-state index in [1.807, 2.05) is 25.2 Å². The summed E-state index contributed by atoms with van der Waals surface area (Å²) in [7, 11) is 0. The van der Waals surface area contributed by atoms with Gasteiger partial charge in [-0.15, -0.1) is 0 Å². The van der Waals surface area contributed by atoms with Gasteiger partial charge in [0.2, 0.25) is 0 Å². The molecule has 2 atom stereocenters. The van der Waals surface area contributed by atoms with E-state index in [4.69, 9.17) is 4.74 Å². The molecule has 3 heteroatoms. The number of aliphatic hydroxyl groups excluding tert-OH is 1. The first-order chi connectivity index (χ1) is 7.13. The van der Waals surface area contributed by atoms with Gasteiger partial charge in [-0.3, -0.25) is 0 Å². The summed E-state index contributed by atoms with van der Waals surface area (Å²) in [5.74, 6) is 0. The predicted octanol–water partition coefficient (Wildman–Crippen LogP) is 2.94. The minimum atomic E-state index is -0.305. The predicted molar refractivity (Wildman–Crippen MR) is 65.9 cm³/mol. The smallest absolute Gasteiger partial charge is 0.0821 e. The fourth-order valence-electron chi connectivity index (χ4n) is 1.42. The Balaban J connectivity index is 2.44. The lowest BCUT2D eigenvalue weighted by atomic mass is 10.0. The highest BCUT2D eigenvalue weighted by Crippen LogP contribution is 2.20. The monoisotopic (exact) mass is 272 g/mol. The molecule has 1 heterocycles. The van der Waals surface area contributed by atoms with Gasteiger partial charge in [0.05, 0.1) is 18.8 Å². The molecule has 0 radical (unpaired) electrons. The Hall–Kier alpha value is -0.380. The molecule has 1 aliphatic heterocycles. The van der Waals surface area contributed by atoms with Gasteiger partial charge in [-0.2, -0.15) is 0 Å². The van der Waals surface area contributed by atoms with Crippen molar-refractivity contribution < 1.29 is 9.84 Å². The molecular weight excluding hydrogens is 256 g/mol. The SMILES string of the molecule is C=C(/C=C\C(Br)=C/C)[C@@H]1CC[C@@H](O)CO1. The average Bonchev–Trinajstić information content (AvgIpc) is 2.26. The third kappa shape index (κ3) is 4.33. The largest absolute Gasteiger partial charge is 0.391 e. The summed E-state index contributed by atoms with van der Waals surface area (Å²) in [6.45, 7) is 6.35. The molecule has 0 aromatic heterocycles. The molecule has 0 amide bonds. The van der Waals surface area contributed by atoms with Crippen LogP contribution >= 0.6 is 15.9 Å². The Morgan fingerprint density at radius 1 is 1.47 bits per heavy atom. The number of halogens is 1. The normalized spacial score (nSPS) is 28.3. The van der Waals surface area contributed by atoms with Crippen molar-refractivity contribution in [3.05, 3.63) is 34.9 Å². The molecule has 0 saturated carbocycles. The zero-order valence-corrected chi connectivity index (χ0v) is 10.5. The van der Waals surface area contributed by atoms with Crippen molar-refractivity contribution in [1.82, 2.24) is 0 Å². The summed E-state index contributed by atoms with van der Waals surface area (Å²) in [5.41, 5.74) is 0.959. The number of ether oxygens (including phenoxy) is 1. The zero-order valence-electron chi connectivity index (χ0n) is 8.95. The number of hydrogen-bond acceptors (Lipinski definition) is 2. The van der Waals surface area contributed by atoms with E-state index in [0.717, 1.165) is 22.9 Å². The molecule has 2 nitrogen and oxygen atoms in total. The highest BCUT2D eigenvalue weighted by atomic mass is 79.9. The first-order valence-corrected chi connectivity index (χ1v) is 5.91. The van der Waals surface area contributed by atoms with E-state index in [1.165, 1.54) is 0 Å². The lowest BCUT2D eigenvalue weighted by Gasteiger charge is -2.26. The lowest BCUT2D eigenvalue weighted by molar-refractivity contribution is -0.0387. The van der Waals surface area contributed by atoms with Crippen molar-refractivity contribution in [2.75, 3.05) is 6.61 Å². The lowest BCUT2D eigenvalue weighted by Crippen LogP contribution is -2.29. The quantitative estimate of drug-likeness (QED) is 0.801. The second kappa shape index (κ2) is 6.26. The fraction of sp³-hybridized carbons (Fsp3) is 0.500. The summed E-state index contributed by atoms with van der Waals surface area (Å²) in [6.07, 6.45) is 7.26. The van der Waals surface area contributed by atoms with E-state index < -0.39 is 0 Å². The molecule has 84 valence electrons. The topological polar surface area (TPSA) is 29.5 Å². The van der Waals surface area contributed by atoms with Crippen molar-refractivity contribution >= 4 is 15.9 Å². The first-order valence-electron chi connectivity index (χ1n) is 5.12. The van der Waals surface area contributed by atoms with Crippen molar-refractivity contribution in [2.45, 2.75) is 32.0 Å². The van der Waals surface area contributed by atoms with E-state index in [0.29, 0.717) is 6.61 Å². The molecule has 15 heavy (non-hydrogen) atoms. The van der Waals surface area contributed by atoms with Crippen LogP contribution in [0.5, 0.6) is 0 Å². The van der Waals surface area contributed by atoms with Gasteiger partial charge in [0.1, 0.15) is 0 Å². The maximum absolute atomic E-state index is 9.28. The molecule has 1 saturated heterocycles. The van der Waals surface area contributed by atoms with Crippen LogP contribution in [0.25, 0.3) is 0 Å². The van der Waals surface area contributed by atoms with Gasteiger partial charge in [-0.05, 0) is 31.4 Å². The van der Waals surface area contributed by atoms with Crippen molar-refractivity contribution in [1.29, 1.82) is 0 Å². The molecule has 1 fully saturated rings. The van der Waals surface area contributed by atoms with Gasteiger partial charge >= 0.3 is 0 Å². The van der Waals surface area contributed by atoms with E-state index in [2.05, 4.69) is 22.5 Å². The highest BCUT2D eigenvalue weighted by Gasteiger charge is 2.20. The van der Waals surface area contributed by atoms with Gasteiger partial charge in [0.15, 0.2) is 0 Å². The maximum atomic E-state index is 9.28. The minimum Gasteiger partial charge on any atom is -0.391 e. The average molecular weight is 273 g/mol. The Kier molecular flexibility index (Phi) is 5.29. The summed E-state index contributed by atoms with van der Waals surface area (Å²) >= 11 is 3.39. The second-order valence-electron chi connectivity index (χ2n) is 3.63. The molecule has 0 aromatic carbocycles. The molecule has 0 aliphatic carbocycles. The minimum absolute atomic E-state index is 0.0572. The Morgan fingerprint density at radius 3 is 2.73 bits per heavy atom. The zero-order chi connectivity index (χ0) is 11.3. The van der Waals surface area contributed by atoms with E-state index in [9.17, 15) is 5.11 Å². The molecular formula is C12H17BrO2. The van der Waals surface area contributed by atoms with Gasteiger partial charge in [0, 0.05) is 4.48 Å². The van der Waals surface area contributed by atoms with Crippen LogP contribution in [0.15, 0.2) is 34.9 Å². The summed E-state index contributed by atoms with van der Waals surface area (Å²) in [5, 5.41) is 9.28. The fourth-order valence-corrected chi connectivity index (χ4v) is 1.55. The van der Waals surface area contributed by atoms with E-state index in [-0.39, 0.29) is 12.2 Å². The number of allylic oxidation sites excluding steroid dienone is 3. The van der Waals surface area contributed by atoms with Crippen molar-refractivity contribution in [3.8, 4) is 0 Å². The Bertz CT molecular complexity index is 273. The molecule has 0 spiro atoms. The third-order valence-corrected chi connectivity index (χ3v) is 3.12. The van der Waals surface area contributed by atoms with Crippen LogP contribution in [-0.2, 0) is 4.74 Å². The second-order valence-corrected chi connectivity index (χ2v) is 4.55. The van der Waals surface area contributed by atoms with Crippen molar-refractivity contribution in [2.24, 2.45) is 0 Å². The van der Waals surface area contributed by atoms with Gasteiger partial charge in [-0.1, -0.05) is 34.7 Å². The summed E-state index contributed by atoms with van der Waals surface area (Å²) in [4.78, 5) is 0.